The van der Waals surface area contributed by atoms with Gasteiger partial charge in [0.05, 0.1) is 12.6 Å². The Balaban J connectivity index is 1.44. The van der Waals surface area contributed by atoms with E-state index in [1.165, 1.54) is 24.3 Å². The Hall–Kier alpha value is -2.74. The van der Waals surface area contributed by atoms with Crippen molar-refractivity contribution in [1.82, 2.24) is 15.4 Å². The van der Waals surface area contributed by atoms with Gasteiger partial charge >= 0.3 is 0 Å². The highest BCUT2D eigenvalue weighted by molar-refractivity contribution is 5.94. The van der Waals surface area contributed by atoms with Gasteiger partial charge in [0.15, 0.2) is 11.5 Å². The smallest absolute Gasteiger partial charge is 0.273 e. The predicted molar refractivity (Wildman–Crippen MR) is 102 cm³/mol. The second-order valence-corrected chi connectivity index (χ2v) is 7.66. The summed E-state index contributed by atoms with van der Waals surface area (Å²) in [6, 6.07) is 6.99. The monoisotopic (exact) mass is 401 g/mol. The molecule has 1 aromatic carbocycles. The first-order chi connectivity index (χ1) is 14.1. The van der Waals surface area contributed by atoms with Gasteiger partial charge in [-0.3, -0.25) is 9.59 Å². The highest BCUT2D eigenvalue weighted by Gasteiger charge is 2.26. The van der Waals surface area contributed by atoms with Gasteiger partial charge in [0, 0.05) is 31.3 Å². The number of nitrogens with zero attached hydrogens (tertiary/aromatic N) is 2. The molecule has 0 radical (unpaired) electrons. The van der Waals surface area contributed by atoms with Crippen LogP contribution in [0.4, 0.5) is 4.39 Å². The first-order valence-electron chi connectivity index (χ1n) is 9.99. The van der Waals surface area contributed by atoms with Crippen LogP contribution in [0.1, 0.15) is 52.3 Å². The van der Waals surface area contributed by atoms with Crippen LogP contribution in [-0.2, 0) is 11.3 Å². The summed E-state index contributed by atoms with van der Waals surface area (Å²) >= 11 is 0. The van der Waals surface area contributed by atoms with E-state index in [-0.39, 0.29) is 30.2 Å². The molecular weight excluding hydrogens is 377 g/mol. The Morgan fingerprint density at radius 1 is 1.21 bits per heavy atom. The molecule has 1 atom stereocenters. The first-order valence-corrected chi connectivity index (χ1v) is 9.99. The molecule has 0 spiro atoms. The van der Waals surface area contributed by atoms with Crippen molar-refractivity contribution in [2.45, 2.75) is 38.3 Å². The third-order valence-corrected chi connectivity index (χ3v) is 5.21. The molecule has 2 amide bonds. The van der Waals surface area contributed by atoms with Crippen LogP contribution in [0.3, 0.4) is 0 Å². The zero-order valence-corrected chi connectivity index (χ0v) is 16.1. The van der Waals surface area contributed by atoms with Gasteiger partial charge in [-0.2, -0.15) is 0 Å². The third-order valence-electron chi connectivity index (χ3n) is 5.21. The standard InChI is InChI=1S/C21H24FN3O4/c22-16-7-5-15(6-8-16)21(27)25(12-17-2-1-9-28-17)13-18-10-19(24-29-18)20(26)23-11-14-3-4-14/h5-8,10,14,17H,1-4,9,11-13H2,(H,23,26). The van der Waals surface area contributed by atoms with Gasteiger partial charge in [-0.25, -0.2) is 4.39 Å². The lowest BCUT2D eigenvalue weighted by molar-refractivity contribution is 0.0486. The zero-order chi connectivity index (χ0) is 20.2. The molecule has 1 saturated heterocycles. The molecule has 7 nitrogen and oxygen atoms in total. The molecule has 1 aromatic heterocycles. The summed E-state index contributed by atoms with van der Waals surface area (Å²) in [6.07, 6.45) is 4.07. The van der Waals surface area contributed by atoms with Crippen molar-refractivity contribution >= 4 is 11.8 Å². The molecule has 1 N–H and O–H groups in total. The average Bonchev–Trinajstić information content (AvgIpc) is 3.19. The van der Waals surface area contributed by atoms with E-state index < -0.39 is 5.82 Å². The van der Waals surface area contributed by atoms with Crippen molar-refractivity contribution in [1.29, 1.82) is 0 Å². The van der Waals surface area contributed by atoms with Crippen molar-refractivity contribution in [2.75, 3.05) is 19.7 Å². The van der Waals surface area contributed by atoms with Crippen molar-refractivity contribution in [3.63, 3.8) is 0 Å². The first kappa shape index (κ1) is 19.6. The molecule has 8 heteroatoms. The number of hydrogen-bond acceptors (Lipinski definition) is 5. The maximum Gasteiger partial charge on any atom is 0.273 e. The van der Waals surface area contributed by atoms with E-state index in [1.54, 1.807) is 11.0 Å². The molecular formula is C21H24FN3O4. The van der Waals surface area contributed by atoms with Gasteiger partial charge in [0.25, 0.3) is 11.8 Å². The van der Waals surface area contributed by atoms with Crippen molar-refractivity contribution in [2.24, 2.45) is 5.92 Å². The van der Waals surface area contributed by atoms with Gasteiger partial charge in [-0.05, 0) is 55.9 Å². The topological polar surface area (TPSA) is 84.7 Å². The van der Waals surface area contributed by atoms with Crippen molar-refractivity contribution in [3.8, 4) is 0 Å². The molecule has 2 aliphatic rings. The van der Waals surface area contributed by atoms with E-state index in [0.29, 0.717) is 36.9 Å². The highest BCUT2D eigenvalue weighted by atomic mass is 19.1. The molecule has 29 heavy (non-hydrogen) atoms. The van der Waals surface area contributed by atoms with E-state index in [1.807, 2.05) is 0 Å². The van der Waals surface area contributed by atoms with Crippen molar-refractivity contribution in [3.05, 3.63) is 53.2 Å². The van der Waals surface area contributed by atoms with Crippen LogP contribution in [-0.4, -0.2) is 47.7 Å². The summed E-state index contributed by atoms with van der Waals surface area (Å²) in [6.45, 7) is 1.87. The van der Waals surface area contributed by atoms with Crippen LogP contribution in [0.25, 0.3) is 0 Å². The SMILES string of the molecule is O=C(NCC1CC1)c1cc(CN(CC2CCCO2)C(=O)c2ccc(F)cc2)on1. The second-order valence-electron chi connectivity index (χ2n) is 7.66. The Bertz CT molecular complexity index is 857. The van der Waals surface area contributed by atoms with Gasteiger partial charge in [-0.1, -0.05) is 5.16 Å². The number of carbonyl (C=O) groups excluding carboxylic acids is 2. The summed E-state index contributed by atoms with van der Waals surface area (Å²) in [5, 5.41) is 6.68. The Labute approximate surface area is 168 Å². The quantitative estimate of drug-likeness (QED) is 0.735. The van der Waals surface area contributed by atoms with Crippen LogP contribution in [0.15, 0.2) is 34.9 Å². The number of ether oxygens (including phenoxy) is 1. The molecule has 1 aliphatic heterocycles. The van der Waals surface area contributed by atoms with Gasteiger partial charge < -0.3 is 19.5 Å². The third kappa shape index (κ3) is 5.20. The maximum absolute atomic E-state index is 13.2. The minimum Gasteiger partial charge on any atom is -0.376 e. The number of benzene rings is 1. The van der Waals surface area contributed by atoms with Crippen LogP contribution < -0.4 is 5.32 Å². The minimum atomic E-state index is -0.399. The average molecular weight is 401 g/mol. The molecule has 4 rings (SSSR count). The predicted octanol–water partition coefficient (Wildman–Crippen LogP) is 2.77. The molecule has 2 aromatic rings. The summed E-state index contributed by atoms with van der Waals surface area (Å²) in [5.41, 5.74) is 0.582. The highest BCUT2D eigenvalue weighted by Crippen LogP contribution is 2.27. The number of nitrogens with one attached hydrogen (secondary N) is 1. The van der Waals surface area contributed by atoms with Crippen LogP contribution in [0.5, 0.6) is 0 Å². The lowest BCUT2D eigenvalue weighted by Gasteiger charge is -2.24. The van der Waals surface area contributed by atoms with Gasteiger partial charge in [0.1, 0.15) is 5.82 Å². The Kier molecular flexibility index (Phi) is 5.89. The number of halogens is 1. The number of carbonyl (C=O) groups is 2. The molecule has 2 fully saturated rings. The second kappa shape index (κ2) is 8.73. The number of hydrogen-bond donors (Lipinski definition) is 1. The lowest BCUT2D eigenvalue weighted by Crippen LogP contribution is -2.36. The fraction of sp³-hybridized carbons (Fsp3) is 0.476. The number of aromatic nitrogens is 1. The van der Waals surface area contributed by atoms with Crippen molar-refractivity contribution < 1.29 is 23.2 Å². The molecule has 1 saturated carbocycles. The molecule has 2 heterocycles. The van der Waals surface area contributed by atoms with Crippen LogP contribution in [0, 0.1) is 11.7 Å². The molecule has 1 unspecified atom stereocenters. The van der Waals surface area contributed by atoms with Crippen LogP contribution >= 0.6 is 0 Å². The fourth-order valence-electron chi connectivity index (χ4n) is 3.36. The molecule has 1 aliphatic carbocycles. The summed E-state index contributed by atoms with van der Waals surface area (Å²) in [7, 11) is 0. The summed E-state index contributed by atoms with van der Waals surface area (Å²) in [5.74, 6) is 0.0546. The van der Waals surface area contributed by atoms with Gasteiger partial charge in [0.2, 0.25) is 0 Å². The van der Waals surface area contributed by atoms with Crippen LogP contribution in [0.2, 0.25) is 0 Å². The Morgan fingerprint density at radius 3 is 2.69 bits per heavy atom. The number of rotatable bonds is 8. The minimum absolute atomic E-state index is 0.0522. The van der Waals surface area contributed by atoms with E-state index >= 15 is 0 Å². The van der Waals surface area contributed by atoms with E-state index in [4.69, 9.17) is 9.26 Å². The molecule has 154 valence electrons. The van der Waals surface area contributed by atoms with E-state index in [9.17, 15) is 14.0 Å². The zero-order valence-electron chi connectivity index (χ0n) is 16.1. The van der Waals surface area contributed by atoms with Gasteiger partial charge in [-0.15, -0.1) is 0 Å². The fourth-order valence-corrected chi connectivity index (χ4v) is 3.36. The maximum atomic E-state index is 13.2. The van der Waals surface area contributed by atoms with E-state index in [2.05, 4.69) is 10.5 Å². The van der Waals surface area contributed by atoms with E-state index in [0.717, 1.165) is 25.7 Å². The normalized spacial score (nSPS) is 18.6. The summed E-state index contributed by atoms with van der Waals surface area (Å²) in [4.78, 5) is 26.7. The largest absolute Gasteiger partial charge is 0.376 e. The molecule has 0 bridgehead atoms. The Morgan fingerprint density at radius 2 is 2.00 bits per heavy atom. The lowest BCUT2D eigenvalue weighted by atomic mass is 10.1. The summed E-state index contributed by atoms with van der Waals surface area (Å²) < 4.78 is 24.2. The number of amides is 2.